The molecule has 0 aliphatic rings. The van der Waals surface area contributed by atoms with E-state index >= 15 is 0 Å². The molecule has 0 amide bonds. The van der Waals surface area contributed by atoms with Crippen LogP contribution in [0.1, 0.15) is 56.0 Å². The Morgan fingerprint density at radius 3 is 2.59 bits per heavy atom. The molecule has 1 N–H and O–H groups in total. The van der Waals surface area contributed by atoms with E-state index in [1.54, 1.807) is 12.1 Å². The van der Waals surface area contributed by atoms with Crippen molar-refractivity contribution in [3.05, 3.63) is 34.9 Å². The molecule has 0 saturated heterocycles. The average Bonchev–Trinajstić information content (AvgIpc) is 2.25. The van der Waals surface area contributed by atoms with Crippen molar-refractivity contribution in [2.75, 3.05) is 0 Å². The predicted octanol–water partition coefficient (Wildman–Crippen LogP) is 4.19. The zero-order chi connectivity index (χ0) is 12.8. The third kappa shape index (κ3) is 4.06. The van der Waals surface area contributed by atoms with Crippen LogP contribution >= 0.6 is 0 Å². The number of rotatable bonds is 5. The average molecular weight is 232 g/mol. The molecule has 0 atom stereocenters. The number of hydrogen-bond acceptors (Lipinski definition) is 2. The van der Waals surface area contributed by atoms with E-state index < -0.39 is 0 Å². The first-order valence-corrected chi connectivity index (χ1v) is 6.05. The Morgan fingerprint density at radius 2 is 2.06 bits per heavy atom. The number of ketones is 1. The Balaban J connectivity index is 2.90. The molecule has 0 aliphatic heterocycles. The van der Waals surface area contributed by atoms with E-state index in [2.05, 4.69) is 0 Å². The summed E-state index contributed by atoms with van der Waals surface area (Å²) in [6.45, 7) is 6.04. The second-order valence-electron chi connectivity index (χ2n) is 4.53. The second-order valence-corrected chi connectivity index (χ2v) is 4.53. The number of Topliss-reactive ketones (excluding diaryl/α,β-unsaturated/α-hetero) is 1. The summed E-state index contributed by atoms with van der Waals surface area (Å²) in [5, 5.41) is 9.82. The van der Waals surface area contributed by atoms with Gasteiger partial charge in [0.25, 0.3) is 0 Å². The van der Waals surface area contributed by atoms with E-state index in [-0.39, 0.29) is 11.5 Å². The fourth-order valence-corrected chi connectivity index (χ4v) is 1.68. The summed E-state index contributed by atoms with van der Waals surface area (Å²) in [6, 6.07) is 5.22. The quantitative estimate of drug-likeness (QED) is 0.773. The predicted molar refractivity (Wildman–Crippen MR) is 71.3 cm³/mol. The summed E-state index contributed by atoms with van der Waals surface area (Å²) < 4.78 is 0. The fraction of sp³-hybridized carbons (Fsp3) is 0.400. The molecule has 0 bridgehead atoms. The van der Waals surface area contributed by atoms with Crippen molar-refractivity contribution in [2.24, 2.45) is 0 Å². The lowest BCUT2D eigenvalue weighted by atomic mass is 10.0. The molecule has 17 heavy (non-hydrogen) atoms. The van der Waals surface area contributed by atoms with Gasteiger partial charge < -0.3 is 5.11 Å². The summed E-state index contributed by atoms with van der Waals surface area (Å²) in [4.78, 5) is 11.8. The van der Waals surface area contributed by atoms with Crippen LogP contribution in [0.15, 0.2) is 23.8 Å². The number of allylic oxidation sites excluding steroid dienone is 1. The van der Waals surface area contributed by atoms with Crippen LogP contribution in [0.2, 0.25) is 0 Å². The summed E-state index contributed by atoms with van der Waals surface area (Å²) in [7, 11) is 0. The van der Waals surface area contributed by atoms with Crippen molar-refractivity contribution in [3.8, 4) is 5.75 Å². The van der Waals surface area contributed by atoms with Crippen molar-refractivity contribution in [1.82, 2.24) is 0 Å². The molecule has 2 heteroatoms. The van der Waals surface area contributed by atoms with Gasteiger partial charge >= 0.3 is 0 Å². The highest BCUT2D eigenvalue weighted by Crippen LogP contribution is 2.22. The minimum atomic E-state index is 0.0214. The van der Waals surface area contributed by atoms with Gasteiger partial charge in [0.15, 0.2) is 5.78 Å². The van der Waals surface area contributed by atoms with Crippen molar-refractivity contribution in [3.63, 3.8) is 0 Å². The molecule has 1 aromatic carbocycles. The first kappa shape index (κ1) is 13.5. The van der Waals surface area contributed by atoms with Crippen LogP contribution in [0.25, 0.3) is 6.08 Å². The summed E-state index contributed by atoms with van der Waals surface area (Å²) in [5.74, 6) is 0.106. The number of carbonyl (C=O) groups is 1. The van der Waals surface area contributed by atoms with Crippen LogP contribution in [-0.4, -0.2) is 10.9 Å². The minimum absolute atomic E-state index is 0.0214. The molecule has 0 heterocycles. The van der Waals surface area contributed by atoms with Gasteiger partial charge in [-0.1, -0.05) is 31.1 Å². The lowest BCUT2D eigenvalue weighted by molar-refractivity contribution is 0.0977. The molecular weight excluding hydrogens is 212 g/mol. The molecule has 0 unspecified atom stereocenters. The van der Waals surface area contributed by atoms with Gasteiger partial charge in [-0.25, -0.2) is 0 Å². The van der Waals surface area contributed by atoms with Gasteiger partial charge in [0.05, 0.1) is 5.56 Å². The molecular formula is C15H20O2. The monoisotopic (exact) mass is 232 g/mol. The van der Waals surface area contributed by atoms with Crippen molar-refractivity contribution in [2.45, 2.75) is 40.0 Å². The summed E-state index contributed by atoms with van der Waals surface area (Å²) in [6.07, 6.45) is 4.34. The minimum Gasteiger partial charge on any atom is -0.507 e. The largest absolute Gasteiger partial charge is 0.507 e. The number of hydrogen-bond donors (Lipinski definition) is 1. The Kier molecular flexibility index (Phi) is 4.95. The third-order valence-electron chi connectivity index (χ3n) is 2.53. The molecule has 2 nitrogen and oxygen atoms in total. The van der Waals surface area contributed by atoms with Crippen LogP contribution in [0, 0.1) is 0 Å². The molecule has 1 rings (SSSR count). The van der Waals surface area contributed by atoms with E-state index in [4.69, 9.17) is 0 Å². The smallest absolute Gasteiger partial charge is 0.166 e. The number of benzene rings is 1. The normalized spacial score (nSPS) is 10.1. The van der Waals surface area contributed by atoms with E-state index in [1.165, 1.54) is 0 Å². The molecule has 0 spiro atoms. The maximum Gasteiger partial charge on any atom is 0.166 e. The summed E-state index contributed by atoms with van der Waals surface area (Å²) >= 11 is 0. The number of unbranched alkanes of at least 4 members (excludes halogenated alkanes) is 1. The van der Waals surface area contributed by atoms with Crippen LogP contribution in [0.3, 0.4) is 0 Å². The van der Waals surface area contributed by atoms with Gasteiger partial charge in [-0.3, -0.25) is 4.79 Å². The third-order valence-corrected chi connectivity index (χ3v) is 2.53. The van der Waals surface area contributed by atoms with Gasteiger partial charge in [-0.05, 0) is 38.0 Å². The highest BCUT2D eigenvalue weighted by molar-refractivity contribution is 5.98. The molecule has 92 valence electrons. The van der Waals surface area contributed by atoms with E-state index in [1.807, 2.05) is 32.9 Å². The van der Waals surface area contributed by atoms with Crippen LogP contribution < -0.4 is 0 Å². The van der Waals surface area contributed by atoms with E-state index in [9.17, 15) is 9.90 Å². The van der Waals surface area contributed by atoms with E-state index in [0.717, 1.165) is 24.0 Å². The number of phenolic OH excluding ortho intramolecular Hbond substituents is 1. The molecule has 0 radical (unpaired) electrons. The molecule has 0 fully saturated rings. The first-order valence-electron chi connectivity index (χ1n) is 6.05. The number of phenols is 1. The first-order chi connectivity index (χ1) is 8.04. The fourth-order valence-electron chi connectivity index (χ4n) is 1.68. The molecule has 0 aromatic heterocycles. The topological polar surface area (TPSA) is 37.3 Å². The number of carbonyl (C=O) groups excluding carboxylic acids is 1. The molecule has 1 aromatic rings. The number of aromatic hydroxyl groups is 1. The Morgan fingerprint density at radius 1 is 1.35 bits per heavy atom. The van der Waals surface area contributed by atoms with Crippen molar-refractivity contribution < 1.29 is 9.90 Å². The summed E-state index contributed by atoms with van der Waals surface area (Å²) in [5.41, 5.74) is 2.52. The standard InChI is InChI=1S/C15H20O2/c1-4-5-6-14(16)13-8-7-12(9-11(2)3)10-15(13)17/h7-10,17H,4-6H2,1-3H3. The van der Waals surface area contributed by atoms with Gasteiger partial charge in [-0.15, -0.1) is 0 Å². The van der Waals surface area contributed by atoms with Crippen molar-refractivity contribution >= 4 is 11.9 Å². The Hall–Kier alpha value is -1.57. The zero-order valence-electron chi connectivity index (χ0n) is 10.8. The van der Waals surface area contributed by atoms with Crippen LogP contribution in [0.4, 0.5) is 0 Å². The lowest BCUT2D eigenvalue weighted by Crippen LogP contribution is -1.99. The Bertz CT molecular complexity index is 427. The SMILES string of the molecule is CCCCC(=O)c1ccc(C=C(C)C)cc1O. The zero-order valence-corrected chi connectivity index (χ0v) is 10.8. The highest BCUT2D eigenvalue weighted by Gasteiger charge is 2.10. The maximum absolute atomic E-state index is 11.8. The van der Waals surface area contributed by atoms with Gasteiger partial charge in [-0.2, -0.15) is 0 Å². The second kappa shape index (κ2) is 6.24. The van der Waals surface area contributed by atoms with Crippen molar-refractivity contribution in [1.29, 1.82) is 0 Å². The Labute approximate surface area is 103 Å². The highest BCUT2D eigenvalue weighted by atomic mass is 16.3. The van der Waals surface area contributed by atoms with Gasteiger partial charge in [0, 0.05) is 6.42 Å². The molecule has 0 aliphatic carbocycles. The maximum atomic E-state index is 11.8. The lowest BCUT2D eigenvalue weighted by Gasteiger charge is -2.04. The van der Waals surface area contributed by atoms with Gasteiger partial charge in [0.2, 0.25) is 0 Å². The van der Waals surface area contributed by atoms with E-state index in [0.29, 0.717) is 12.0 Å². The molecule has 0 saturated carbocycles. The van der Waals surface area contributed by atoms with Crippen LogP contribution in [0.5, 0.6) is 5.75 Å². The van der Waals surface area contributed by atoms with Gasteiger partial charge in [0.1, 0.15) is 5.75 Å². The van der Waals surface area contributed by atoms with Crippen LogP contribution in [-0.2, 0) is 0 Å².